The first kappa shape index (κ1) is 22.2. The van der Waals surface area contributed by atoms with Gasteiger partial charge in [-0.15, -0.1) is 0 Å². The summed E-state index contributed by atoms with van der Waals surface area (Å²) in [5, 5.41) is 18.8. The van der Waals surface area contributed by atoms with E-state index >= 15 is 0 Å². The van der Waals surface area contributed by atoms with E-state index in [-0.39, 0.29) is 12.2 Å². The summed E-state index contributed by atoms with van der Waals surface area (Å²) in [7, 11) is 0. The molecule has 0 unspecified atom stereocenters. The molecule has 1 aliphatic carbocycles. The van der Waals surface area contributed by atoms with Crippen LogP contribution >= 0.6 is 0 Å². The van der Waals surface area contributed by atoms with Crippen molar-refractivity contribution >= 4 is 22.5 Å². The van der Waals surface area contributed by atoms with Crippen LogP contribution in [0.25, 0.3) is 22.4 Å². The van der Waals surface area contributed by atoms with E-state index in [1.807, 2.05) is 13.0 Å². The molecule has 8 nitrogen and oxygen atoms in total. The van der Waals surface area contributed by atoms with Gasteiger partial charge in [0.15, 0.2) is 5.69 Å². The third-order valence-electron chi connectivity index (χ3n) is 6.17. The number of fused-ring (bicyclic) bond motifs is 1. The molecule has 0 bridgehead atoms. The SMILES string of the molecule is Cc1cc(-c2nc(C(=O)Nc3cc4cn(CC5(F)CCC5)nc4cc3C(C)(C)O)co2)ccn1. The molecular formula is C25H26FN5O3. The Labute approximate surface area is 195 Å². The molecule has 4 aromatic rings. The van der Waals surface area contributed by atoms with Gasteiger partial charge in [-0.3, -0.25) is 14.5 Å². The highest BCUT2D eigenvalue weighted by Gasteiger charge is 2.37. The van der Waals surface area contributed by atoms with Crippen molar-refractivity contribution in [1.82, 2.24) is 19.7 Å². The highest BCUT2D eigenvalue weighted by atomic mass is 19.1. The molecule has 2 N–H and O–H groups in total. The summed E-state index contributed by atoms with van der Waals surface area (Å²) in [6, 6.07) is 7.03. The Morgan fingerprint density at radius 3 is 2.79 bits per heavy atom. The second-order valence-corrected chi connectivity index (χ2v) is 9.52. The molecule has 9 heteroatoms. The maximum Gasteiger partial charge on any atom is 0.277 e. The molecule has 1 amide bonds. The van der Waals surface area contributed by atoms with Crippen molar-refractivity contribution in [2.75, 3.05) is 5.32 Å². The van der Waals surface area contributed by atoms with Gasteiger partial charge in [-0.05, 0) is 64.3 Å². The maximum absolute atomic E-state index is 14.6. The topological polar surface area (TPSA) is 106 Å². The summed E-state index contributed by atoms with van der Waals surface area (Å²) in [5.74, 6) is -0.165. The summed E-state index contributed by atoms with van der Waals surface area (Å²) in [4.78, 5) is 21.4. The van der Waals surface area contributed by atoms with Gasteiger partial charge in [0.1, 0.15) is 11.9 Å². The van der Waals surface area contributed by atoms with E-state index in [0.717, 1.165) is 23.1 Å². The van der Waals surface area contributed by atoms with E-state index < -0.39 is 17.2 Å². The second kappa shape index (κ2) is 8.02. The van der Waals surface area contributed by atoms with Crippen molar-refractivity contribution in [2.45, 2.75) is 57.8 Å². The lowest BCUT2D eigenvalue weighted by molar-refractivity contribution is 0.0406. The number of hydrogen-bond donors (Lipinski definition) is 2. The zero-order valence-electron chi connectivity index (χ0n) is 19.3. The van der Waals surface area contributed by atoms with Crippen molar-refractivity contribution in [3.63, 3.8) is 0 Å². The Balaban J connectivity index is 1.44. The minimum Gasteiger partial charge on any atom is -0.444 e. The van der Waals surface area contributed by atoms with E-state index in [1.54, 1.807) is 49.1 Å². The quantitative estimate of drug-likeness (QED) is 0.427. The third-order valence-corrected chi connectivity index (χ3v) is 6.17. The second-order valence-electron chi connectivity index (χ2n) is 9.52. The number of amides is 1. The molecule has 1 fully saturated rings. The fourth-order valence-corrected chi connectivity index (χ4v) is 4.20. The van der Waals surface area contributed by atoms with E-state index in [9.17, 15) is 14.3 Å². The monoisotopic (exact) mass is 463 g/mol. The van der Waals surface area contributed by atoms with E-state index in [1.165, 1.54) is 6.26 Å². The zero-order valence-corrected chi connectivity index (χ0v) is 19.3. The van der Waals surface area contributed by atoms with Gasteiger partial charge in [0, 0.05) is 40.3 Å². The molecule has 3 heterocycles. The fourth-order valence-electron chi connectivity index (χ4n) is 4.20. The van der Waals surface area contributed by atoms with Crippen molar-refractivity contribution in [3.05, 3.63) is 59.9 Å². The lowest BCUT2D eigenvalue weighted by atomic mass is 9.82. The largest absolute Gasteiger partial charge is 0.444 e. The first-order valence-corrected chi connectivity index (χ1v) is 11.2. The number of hydrogen-bond acceptors (Lipinski definition) is 6. The molecule has 0 spiro atoms. The molecule has 1 saturated carbocycles. The summed E-state index contributed by atoms with van der Waals surface area (Å²) in [6.07, 6.45) is 6.67. The van der Waals surface area contributed by atoms with E-state index in [0.29, 0.717) is 35.5 Å². The number of halogens is 1. The number of rotatable bonds is 6. The van der Waals surface area contributed by atoms with Gasteiger partial charge >= 0.3 is 0 Å². The van der Waals surface area contributed by atoms with Crippen LogP contribution in [0.1, 0.15) is 54.9 Å². The van der Waals surface area contributed by atoms with Crippen LogP contribution in [0.15, 0.2) is 47.3 Å². The van der Waals surface area contributed by atoms with Crippen molar-refractivity contribution in [3.8, 4) is 11.5 Å². The van der Waals surface area contributed by atoms with E-state index in [4.69, 9.17) is 4.42 Å². The third kappa shape index (κ3) is 4.31. The van der Waals surface area contributed by atoms with Crippen molar-refractivity contribution in [2.24, 2.45) is 0 Å². The van der Waals surface area contributed by atoms with Gasteiger partial charge < -0.3 is 14.8 Å². The first-order valence-electron chi connectivity index (χ1n) is 11.2. The van der Waals surface area contributed by atoms with Crippen molar-refractivity contribution < 1.29 is 18.7 Å². The number of carbonyl (C=O) groups excluding carboxylic acids is 1. The summed E-state index contributed by atoms with van der Waals surface area (Å²) < 4.78 is 21.7. The Bertz CT molecular complexity index is 1380. The lowest BCUT2D eigenvalue weighted by Gasteiger charge is -2.33. The number of alkyl halides is 1. The van der Waals surface area contributed by atoms with Gasteiger partial charge in [0.2, 0.25) is 5.89 Å². The van der Waals surface area contributed by atoms with E-state index in [2.05, 4.69) is 20.4 Å². The number of aliphatic hydroxyl groups is 1. The number of benzene rings is 1. The normalized spacial score (nSPS) is 15.3. The summed E-state index contributed by atoms with van der Waals surface area (Å²) >= 11 is 0. The predicted octanol–water partition coefficient (Wildman–Crippen LogP) is 4.77. The number of nitrogens with one attached hydrogen (secondary N) is 1. The van der Waals surface area contributed by atoms with Crippen LogP contribution in [0.3, 0.4) is 0 Å². The summed E-state index contributed by atoms with van der Waals surface area (Å²) in [6.45, 7) is 5.31. The average molecular weight is 464 g/mol. The molecule has 0 saturated heterocycles. The van der Waals surface area contributed by atoms with Gasteiger partial charge in [-0.25, -0.2) is 9.37 Å². The zero-order chi connectivity index (χ0) is 24.1. The minimum atomic E-state index is -1.25. The number of aromatic nitrogens is 4. The Morgan fingerprint density at radius 1 is 1.32 bits per heavy atom. The van der Waals surface area contributed by atoms with Gasteiger partial charge in [0.05, 0.1) is 17.7 Å². The molecule has 3 aromatic heterocycles. The molecule has 1 aromatic carbocycles. The van der Waals surface area contributed by atoms with Crippen LogP contribution in [0.4, 0.5) is 10.1 Å². The number of pyridine rings is 1. The molecule has 34 heavy (non-hydrogen) atoms. The smallest absolute Gasteiger partial charge is 0.277 e. The first-order chi connectivity index (χ1) is 16.1. The lowest BCUT2D eigenvalue weighted by Crippen LogP contribution is -2.36. The van der Waals surface area contributed by atoms with Gasteiger partial charge in [-0.1, -0.05) is 0 Å². The Kier molecular flexibility index (Phi) is 5.24. The predicted molar refractivity (Wildman–Crippen MR) is 125 cm³/mol. The molecular weight excluding hydrogens is 437 g/mol. The van der Waals surface area contributed by atoms with Crippen molar-refractivity contribution in [1.29, 1.82) is 0 Å². The molecule has 1 aliphatic rings. The molecule has 0 radical (unpaired) electrons. The van der Waals surface area contributed by atoms with Crippen LogP contribution in [0.2, 0.25) is 0 Å². The molecule has 176 valence electrons. The highest BCUT2D eigenvalue weighted by molar-refractivity contribution is 6.04. The van der Waals surface area contributed by atoms with Crippen LogP contribution in [0.5, 0.6) is 0 Å². The molecule has 0 atom stereocenters. The number of carbonyl (C=O) groups is 1. The molecule has 5 rings (SSSR count). The average Bonchev–Trinajstić information content (AvgIpc) is 3.38. The van der Waals surface area contributed by atoms with Crippen LogP contribution in [-0.2, 0) is 12.1 Å². The Hall–Kier alpha value is -3.59. The number of oxazole rings is 1. The summed E-state index contributed by atoms with van der Waals surface area (Å²) in [5.41, 5.74) is 0.700. The number of anilines is 1. The number of nitrogens with zero attached hydrogens (tertiary/aromatic N) is 4. The number of aryl methyl sites for hydroxylation is 1. The van der Waals surface area contributed by atoms with Gasteiger partial charge in [-0.2, -0.15) is 5.10 Å². The van der Waals surface area contributed by atoms with Crippen LogP contribution in [0, 0.1) is 6.92 Å². The van der Waals surface area contributed by atoms with Gasteiger partial charge in [0.25, 0.3) is 5.91 Å². The maximum atomic E-state index is 14.6. The minimum absolute atomic E-state index is 0.103. The molecule has 0 aliphatic heterocycles. The Morgan fingerprint density at radius 2 is 2.12 bits per heavy atom. The van der Waals surface area contributed by atoms with Crippen LogP contribution < -0.4 is 5.32 Å². The highest BCUT2D eigenvalue weighted by Crippen LogP contribution is 2.38. The standard InChI is InChI=1S/C25H26FN5O3/c1-15-9-16(5-8-27-15)23-29-21(13-34-23)22(32)28-20-10-17-12-31(14-25(26)6-4-7-25)30-19(17)11-18(20)24(2,3)33/h5,8-13,33H,4,6-7,14H2,1-3H3,(H,28,32). The fraction of sp³-hybridized carbons (Fsp3) is 0.360. The van der Waals surface area contributed by atoms with Crippen LogP contribution in [-0.4, -0.2) is 36.4 Å².